The quantitative estimate of drug-likeness (QED) is 0.939. The topological polar surface area (TPSA) is 47.1 Å². The molecule has 1 aromatic carbocycles. The van der Waals surface area contributed by atoms with Crippen molar-refractivity contribution in [3.63, 3.8) is 0 Å². The van der Waals surface area contributed by atoms with E-state index >= 15 is 0 Å². The van der Waals surface area contributed by atoms with E-state index in [-0.39, 0.29) is 0 Å². The molecule has 2 aromatic rings. The highest BCUT2D eigenvalue weighted by Crippen LogP contribution is 2.24. The fraction of sp³-hybridized carbons (Fsp3) is 0.353. The van der Waals surface area contributed by atoms with E-state index in [2.05, 4.69) is 22.2 Å². The van der Waals surface area contributed by atoms with Crippen LogP contribution in [0.5, 0.6) is 0 Å². The van der Waals surface area contributed by atoms with Crippen LogP contribution in [0, 0.1) is 0 Å². The summed E-state index contributed by atoms with van der Waals surface area (Å²) in [7, 11) is 0. The monoisotopic (exact) mass is 316 g/mol. The number of nitrogen functional groups attached to an aromatic ring is 1. The van der Waals surface area contributed by atoms with Crippen LogP contribution in [0.25, 0.3) is 6.08 Å². The number of aromatic nitrogens is 2. The van der Waals surface area contributed by atoms with Crippen molar-refractivity contribution in [1.82, 2.24) is 14.7 Å². The van der Waals surface area contributed by atoms with Crippen molar-refractivity contribution in [3.8, 4) is 0 Å². The summed E-state index contributed by atoms with van der Waals surface area (Å²) in [5, 5.41) is 5.10. The maximum absolute atomic E-state index is 5.93. The summed E-state index contributed by atoms with van der Waals surface area (Å²) in [5.41, 5.74) is 7.11. The largest absolute Gasteiger partial charge is 0.384 e. The predicted octanol–water partition coefficient (Wildman–Crippen LogP) is 3.47. The molecule has 0 aliphatic carbocycles. The molecule has 3 rings (SSSR count). The van der Waals surface area contributed by atoms with Gasteiger partial charge in [-0.2, -0.15) is 5.10 Å². The van der Waals surface area contributed by atoms with Gasteiger partial charge in [0.25, 0.3) is 0 Å². The summed E-state index contributed by atoms with van der Waals surface area (Å²) in [6, 6.07) is 10.2. The average molecular weight is 317 g/mol. The third-order valence-corrected chi connectivity index (χ3v) is 4.40. The van der Waals surface area contributed by atoms with Crippen LogP contribution in [-0.2, 0) is 0 Å². The van der Waals surface area contributed by atoms with Gasteiger partial charge in [0.1, 0.15) is 5.82 Å². The first kappa shape index (κ1) is 15.1. The van der Waals surface area contributed by atoms with E-state index in [9.17, 15) is 0 Å². The Balaban J connectivity index is 1.48. The highest BCUT2D eigenvalue weighted by atomic mass is 35.5. The Morgan fingerprint density at radius 1 is 1.18 bits per heavy atom. The molecular weight excluding hydrogens is 296 g/mol. The van der Waals surface area contributed by atoms with Crippen molar-refractivity contribution in [3.05, 3.63) is 53.2 Å². The molecule has 0 bridgehead atoms. The summed E-state index contributed by atoms with van der Waals surface area (Å²) in [4.78, 5) is 2.46. The Morgan fingerprint density at radius 3 is 2.55 bits per heavy atom. The number of nitrogens with zero attached hydrogens (tertiary/aromatic N) is 3. The van der Waals surface area contributed by atoms with E-state index in [1.165, 1.54) is 5.56 Å². The standard InChI is InChI=1S/C17H21ClN4/c18-15-5-3-14(4-6-15)2-1-11-21-12-8-16(9-13-21)22-17(19)7-10-20-22/h1-7,10,16H,8-9,11-13,19H2/b2-1+. The Labute approximate surface area is 136 Å². The third-order valence-electron chi connectivity index (χ3n) is 4.15. The minimum atomic E-state index is 0.437. The van der Waals surface area contributed by atoms with Gasteiger partial charge in [0, 0.05) is 24.7 Å². The molecule has 1 fully saturated rings. The molecule has 22 heavy (non-hydrogen) atoms. The van der Waals surface area contributed by atoms with Crippen LogP contribution in [-0.4, -0.2) is 34.3 Å². The molecule has 116 valence electrons. The first-order valence-electron chi connectivity index (χ1n) is 7.66. The number of hydrogen-bond acceptors (Lipinski definition) is 3. The fourth-order valence-electron chi connectivity index (χ4n) is 2.89. The van der Waals surface area contributed by atoms with Gasteiger partial charge in [0.05, 0.1) is 12.2 Å². The molecule has 1 aromatic heterocycles. The number of halogens is 1. The van der Waals surface area contributed by atoms with Gasteiger partial charge < -0.3 is 5.73 Å². The molecule has 1 aliphatic heterocycles. The highest BCUT2D eigenvalue weighted by Gasteiger charge is 2.21. The van der Waals surface area contributed by atoms with Crippen LogP contribution in [0.2, 0.25) is 5.02 Å². The summed E-state index contributed by atoms with van der Waals surface area (Å²) >= 11 is 5.89. The second-order valence-electron chi connectivity index (χ2n) is 5.69. The SMILES string of the molecule is Nc1ccnn1C1CCN(C/C=C/c2ccc(Cl)cc2)CC1. The summed E-state index contributed by atoms with van der Waals surface area (Å²) in [5.74, 6) is 0.765. The lowest BCUT2D eigenvalue weighted by molar-refractivity contribution is 0.197. The number of piperidine rings is 1. The van der Waals surface area contributed by atoms with Crippen LogP contribution in [0.1, 0.15) is 24.4 Å². The number of benzene rings is 1. The molecule has 5 heteroatoms. The van der Waals surface area contributed by atoms with Crippen molar-refractivity contribution in [2.45, 2.75) is 18.9 Å². The van der Waals surface area contributed by atoms with E-state index in [1.807, 2.05) is 35.0 Å². The van der Waals surface area contributed by atoms with Gasteiger partial charge in [-0.1, -0.05) is 35.9 Å². The van der Waals surface area contributed by atoms with E-state index in [1.54, 1.807) is 6.20 Å². The fourth-order valence-corrected chi connectivity index (χ4v) is 3.01. The predicted molar refractivity (Wildman–Crippen MR) is 91.8 cm³/mol. The smallest absolute Gasteiger partial charge is 0.121 e. The van der Waals surface area contributed by atoms with Crippen LogP contribution >= 0.6 is 11.6 Å². The Hall–Kier alpha value is -1.78. The number of likely N-dealkylation sites (tertiary alicyclic amines) is 1. The molecule has 0 atom stereocenters. The molecule has 0 unspecified atom stereocenters. The minimum absolute atomic E-state index is 0.437. The molecule has 0 saturated carbocycles. The van der Waals surface area contributed by atoms with Gasteiger partial charge in [0.15, 0.2) is 0 Å². The van der Waals surface area contributed by atoms with Gasteiger partial charge in [-0.15, -0.1) is 0 Å². The highest BCUT2D eigenvalue weighted by molar-refractivity contribution is 6.30. The van der Waals surface area contributed by atoms with Crippen molar-refractivity contribution < 1.29 is 0 Å². The lowest BCUT2D eigenvalue weighted by atomic mass is 10.1. The molecule has 4 nitrogen and oxygen atoms in total. The second kappa shape index (κ2) is 6.99. The molecular formula is C17H21ClN4. The molecule has 1 saturated heterocycles. The van der Waals surface area contributed by atoms with Crippen molar-refractivity contribution in [1.29, 1.82) is 0 Å². The molecule has 2 heterocycles. The molecule has 0 amide bonds. The zero-order valence-corrected chi connectivity index (χ0v) is 13.3. The number of rotatable bonds is 4. The first-order chi connectivity index (χ1) is 10.7. The van der Waals surface area contributed by atoms with Gasteiger partial charge in [-0.05, 0) is 36.6 Å². The first-order valence-corrected chi connectivity index (χ1v) is 8.03. The zero-order chi connectivity index (χ0) is 15.4. The van der Waals surface area contributed by atoms with Gasteiger partial charge in [-0.3, -0.25) is 4.90 Å². The summed E-state index contributed by atoms with van der Waals surface area (Å²) in [6.45, 7) is 3.13. The maximum Gasteiger partial charge on any atom is 0.121 e. The number of nitrogens with two attached hydrogens (primary N) is 1. The minimum Gasteiger partial charge on any atom is -0.384 e. The van der Waals surface area contributed by atoms with Crippen LogP contribution in [0.15, 0.2) is 42.6 Å². The van der Waals surface area contributed by atoms with E-state index in [0.717, 1.165) is 43.3 Å². The van der Waals surface area contributed by atoms with Crippen molar-refractivity contribution in [2.24, 2.45) is 0 Å². The normalized spacial score (nSPS) is 17.3. The van der Waals surface area contributed by atoms with Gasteiger partial charge in [-0.25, -0.2) is 4.68 Å². The van der Waals surface area contributed by atoms with E-state index < -0.39 is 0 Å². The van der Waals surface area contributed by atoms with Crippen molar-refractivity contribution in [2.75, 3.05) is 25.4 Å². The summed E-state index contributed by atoms with van der Waals surface area (Å²) < 4.78 is 1.96. The molecule has 0 spiro atoms. The third kappa shape index (κ3) is 3.70. The zero-order valence-electron chi connectivity index (χ0n) is 12.5. The van der Waals surface area contributed by atoms with Crippen LogP contribution in [0.4, 0.5) is 5.82 Å². The lowest BCUT2D eigenvalue weighted by Crippen LogP contribution is -2.35. The van der Waals surface area contributed by atoms with E-state index in [4.69, 9.17) is 17.3 Å². The Bertz CT molecular complexity index is 624. The second-order valence-corrected chi connectivity index (χ2v) is 6.12. The lowest BCUT2D eigenvalue weighted by Gasteiger charge is -2.31. The molecule has 2 N–H and O–H groups in total. The maximum atomic E-state index is 5.93. The number of hydrogen-bond donors (Lipinski definition) is 1. The molecule has 0 radical (unpaired) electrons. The number of anilines is 1. The van der Waals surface area contributed by atoms with Gasteiger partial charge >= 0.3 is 0 Å². The van der Waals surface area contributed by atoms with Crippen LogP contribution < -0.4 is 5.73 Å². The average Bonchev–Trinajstić information content (AvgIpc) is 2.96. The van der Waals surface area contributed by atoms with Crippen LogP contribution in [0.3, 0.4) is 0 Å². The van der Waals surface area contributed by atoms with E-state index in [0.29, 0.717) is 6.04 Å². The molecule has 1 aliphatic rings. The van der Waals surface area contributed by atoms with Crippen molar-refractivity contribution >= 4 is 23.5 Å². The van der Waals surface area contributed by atoms with Gasteiger partial charge in [0.2, 0.25) is 0 Å². The Kier molecular flexibility index (Phi) is 4.80. The summed E-state index contributed by atoms with van der Waals surface area (Å²) in [6.07, 6.45) is 8.33. The Morgan fingerprint density at radius 2 is 1.91 bits per heavy atom.